The van der Waals surface area contributed by atoms with Gasteiger partial charge in [-0.05, 0) is 70.2 Å². The summed E-state index contributed by atoms with van der Waals surface area (Å²) < 4.78 is 1.14. The number of hydrogen-bond donors (Lipinski definition) is 0. The highest BCUT2D eigenvalue weighted by Gasteiger charge is 2.21. The molecule has 1 heterocycles. The van der Waals surface area contributed by atoms with E-state index in [1.165, 1.54) is 5.56 Å². The van der Waals surface area contributed by atoms with Gasteiger partial charge in [0.05, 0.1) is 10.2 Å². The monoisotopic (exact) mass is 367 g/mol. The number of rotatable bonds is 6. The maximum absolute atomic E-state index is 13.1. The summed E-state index contributed by atoms with van der Waals surface area (Å²) in [5.41, 5.74) is 4.07. The number of carbonyl (C=O) groups excluding carboxylic acids is 1. The van der Waals surface area contributed by atoms with E-state index in [1.54, 1.807) is 11.3 Å². The summed E-state index contributed by atoms with van der Waals surface area (Å²) in [6, 6.07) is 13.7. The molecule has 136 valence electrons. The number of anilines is 1. The lowest BCUT2D eigenvalue weighted by atomic mass is 10.1. The van der Waals surface area contributed by atoms with Crippen LogP contribution in [0, 0.1) is 13.8 Å². The van der Waals surface area contributed by atoms with Gasteiger partial charge >= 0.3 is 0 Å². The summed E-state index contributed by atoms with van der Waals surface area (Å²) in [7, 11) is 4.10. The number of benzene rings is 2. The van der Waals surface area contributed by atoms with E-state index in [0.717, 1.165) is 33.9 Å². The Kier molecular flexibility index (Phi) is 5.69. The third kappa shape index (κ3) is 4.11. The molecule has 1 aromatic heterocycles. The lowest BCUT2D eigenvalue weighted by Crippen LogP contribution is -2.33. The second-order valence-electron chi connectivity index (χ2n) is 6.90. The van der Waals surface area contributed by atoms with Gasteiger partial charge in [-0.3, -0.25) is 9.69 Å². The first-order valence-corrected chi connectivity index (χ1v) is 9.67. The fourth-order valence-corrected chi connectivity index (χ4v) is 4.21. The maximum Gasteiger partial charge on any atom is 0.260 e. The van der Waals surface area contributed by atoms with Crippen LogP contribution in [0.2, 0.25) is 0 Å². The Labute approximate surface area is 159 Å². The predicted octanol–water partition coefficient (Wildman–Crippen LogP) is 4.51. The van der Waals surface area contributed by atoms with Gasteiger partial charge < -0.3 is 4.90 Å². The molecule has 3 aromatic rings. The molecule has 0 spiro atoms. The molecule has 0 radical (unpaired) electrons. The van der Waals surface area contributed by atoms with Gasteiger partial charge in [-0.2, -0.15) is 0 Å². The molecule has 5 heteroatoms. The van der Waals surface area contributed by atoms with E-state index in [9.17, 15) is 4.79 Å². The van der Waals surface area contributed by atoms with E-state index < -0.39 is 0 Å². The zero-order valence-corrected chi connectivity index (χ0v) is 16.6. The molecule has 0 bridgehead atoms. The molecule has 0 aliphatic rings. The van der Waals surface area contributed by atoms with Crippen LogP contribution in [0.3, 0.4) is 0 Å². The van der Waals surface area contributed by atoms with Crippen molar-refractivity contribution in [3.05, 3.63) is 59.2 Å². The van der Waals surface area contributed by atoms with E-state index in [2.05, 4.69) is 30.9 Å². The first-order chi connectivity index (χ1) is 12.5. The number of hydrogen-bond acceptors (Lipinski definition) is 4. The minimum atomic E-state index is 0.0118. The zero-order chi connectivity index (χ0) is 18.7. The second kappa shape index (κ2) is 7.98. The summed E-state index contributed by atoms with van der Waals surface area (Å²) >= 11 is 1.60. The van der Waals surface area contributed by atoms with Gasteiger partial charge in [0.1, 0.15) is 0 Å². The van der Waals surface area contributed by atoms with Gasteiger partial charge in [-0.25, -0.2) is 4.98 Å². The van der Waals surface area contributed by atoms with Crippen LogP contribution in [-0.2, 0) is 0 Å². The third-order valence-electron chi connectivity index (χ3n) is 4.30. The van der Waals surface area contributed by atoms with Crippen LogP contribution >= 0.6 is 11.3 Å². The SMILES string of the molecule is Cc1cc(C)c2nc(N(CCCN(C)C)C(=O)c3ccccc3)sc2c1. The molecule has 26 heavy (non-hydrogen) atoms. The Bertz CT molecular complexity index is 902. The van der Waals surface area contributed by atoms with Gasteiger partial charge in [0, 0.05) is 12.1 Å². The largest absolute Gasteiger partial charge is 0.309 e. The fraction of sp³-hybridized carbons (Fsp3) is 0.333. The van der Waals surface area contributed by atoms with Crippen LogP contribution in [0.1, 0.15) is 27.9 Å². The minimum Gasteiger partial charge on any atom is -0.309 e. The van der Waals surface area contributed by atoms with E-state index >= 15 is 0 Å². The molecular weight excluding hydrogens is 342 g/mol. The molecule has 0 fully saturated rings. The molecule has 0 aliphatic heterocycles. The number of thiazole rings is 1. The van der Waals surface area contributed by atoms with Crippen LogP contribution in [0.25, 0.3) is 10.2 Å². The number of aromatic nitrogens is 1. The molecule has 1 amide bonds. The Morgan fingerprint density at radius 2 is 1.81 bits per heavy atom. The first-order valence-electron chi connectivity index (χ1n) is 8.85. The quantitative estimate of drug-likeness (QED) is 0.643. The predicted molar refractivity (Wildman–Crippen MR) is 110 cm³/mol. The average Bonchev–Trinajstić information content (AvgIpc) is 3.02. The highest BCUT2D eigenvalue weighted by molar-refractivity contribution is 7.22. The van der Waals surface area contributed by atoms with E-state index in [-0.39, 0.29) is 5.91 Å². The molecule has 2 aromatic carbocycles. The molecule has 0 saturated carbocycles. The van der Waals surface area contributed by atoms with Crippen molar-refractivity contribution in [2.45, 2.75) is 20.3 Å². The van der Waals surface area contributed by atoms with Crippen molar-refractivity contribution < 1.29 is 4.79 Å². The molecule has 0 atom stereocenters. The summed E-state index contributed by atoms with van der Waals surface area (Å²) in [5, 5.41) is 0.779. The smallest absolute Gasteiger partial charge is 0.260 e. The normalized spacial score (nSPS) is 11.3. The zero-order valence-electron chi connectivity index (χ0n) is 15.8. The number of carbonyl (C=O) groups is 1. The molecule has 0 unspecified atom stereocenters. The van der Waals surface area contributed by atoms with Crippen molar-refractivity contribution in [2.24, 2.45) is 0 Å². The van der Waals surface area contributed by atoms with Crippen molar-refractivity contribution in [2.75, 3.05) is 32.1 Å². The van der Waals surface area contributed by atoms with Gasteiger partial charge in [-0.15, -0.1) is 0 Å². The van der Waals surface area contributed by atoms with Gasteiger partial charge in [0.2, 0.25) is 0 Å². The van der Waals surface area contributed by atoms with Crippen LogP contribution in [0.5, 0.6) is 0 Å². The highest BCUT2D eigenvalue weighted by Crippen LogP contribution is 2.32. The van der Waals surface area contributed by atoms with E-state index in [0.29, 0.717) is 12.1 Å². The topological polar surface area (TPSA) is 36.4 Å². The number of amides is 1. The third-order valence-corrected chi connectivity index (χ3v) is 5.33. The number of aryl methyl sites for hydroxylation is 2. The highest BCUT2D eigenvalue weighted by atomic mass is 32.1. The first kappa shape index (κ1) is 18.5. The lowest BCUT2D eigenvalue weighted by molar-refractivity contribution is 0.0986. The average molecular weight is 368 g/mol. The number of nitrogens with zero attached hydrogens (tertiary/aromatic N) is 3. The van der Waals surface area contributed by atoms with Crippen molar-refractivity contribution in [1.29, 1.82) is 0 Å². The van der Waals surface area contributed by atoms with Gasteiger partial charge in [0.15, 0.2) is 5.13 Å². The van der Waals surface area contributed by atoms with Crippen molar-refractivity contribution >= 4 is 32.6 Å². The van der Waals surface area contributed by atoms with Crippen LogP contribution in [0.15, 0.2) is 42.5 Å². The molecule has 0 saturated heterocycles. The Morgan fingerprint density at radius 1 is 1.08 bits per heavy atom. The fourth-order valence-electron chi connectivity index (χ4n) is 3.04. The minimum absolute atomic E-state index is 0.0118. The van der Waals surface area contributed by atoms with Crippen molar-refractivity contribution in [1.82, 2.24) is 9.88 Å². The van der Waals surface area contributed by atoms with E-state index in [4.69, 9.17) is 4.98 Å². The molecule has 4 nitrogen and oxygen atoms in total. The summed E-state index contributed by atoms with van der Waals surface area (Å²) in [6.45, 7) is 5.76. The van der Waals surface area contributed by atoms with Gasteiger partial charge in [0.25, 0.3) is 5.91 Å². The molecule has 3 rings (SSSR count). The van der Waals surface area contributed by atoms with Crippen LogP contribution < -0.4 is 4.90 Å². The van der Waals surface area contributed by atoms with Crippen molar-refractivity contribution in [3.63, 3.8) is 0 Å². The maximum atomic E-state index is 13.1. The second-order valence-corrected chi connectivity index (χ2v) is 7.91. The van der Waals surface area contributed by atoms with Crippen molar-refractivity contribution in [3.8, 4) is 0 Å². The molecular formula is C21H25N3OS. The molecule has 0 aliphatic carbocycles. The Morgan fingerprint density at radius 3 is 2.50 bits per heavy atom. The van der Waals surface area contributed by atoms with Gasteiger partial charge in [-0.1, -0.05) is 35.6 Å². The summed E-state index contributed by atoms with van der Waals surface area (Å²) in [4.78, 5) is 21.9. The lowest BCUT2D eigenvalue weighted by Gasteiger charge is -2.21. The Hall–Kier alpha value is -2.24. The van der Waals surface area contributed by atoms with E-state index in [1.807, 2.05) is 49.3 Å². The summed E-state index contributed by atoms with van der Waals surface area (Å²) in [6.07, 6.45) is 0.902. The van der Waals surface area contributed by atoms with Crippen LogP contribution in [0.4, 0.5) is 5.13 Å². The molecule has 0 N–H and O–H groups in total. The summed E-state index contributed by atoms with van der Waals surface area (Å²) in [5.74, 6) is 0.0118. The van der Waals surface area contributed by atoms with Crippen LogP contribution in [-0.4, -0.2) is 43.0 Å². The Balaban J connectivity index is 1.97. The number of fused-ring (bicyclic) bond motifs is 1. The standard InChI is InChI=1S/C21H25N3OS/c1-15-13-16(2)19-18(14-15)26-21(22-19)24(12-8-11-23(3)4)20(25)17-9-6-5-7-10-17/h5-7,9-10,13-14H,8,11-12H2,1-4H3.